The van der Waals surface area contributed by atoms with Crippen molar-refractivity contribution in [3.63, 3.8) is 0 Å². The van der Waals surface area contributed by atoms with Gasteiger partial charge in [0.25, 0.3) is 5.91 Å². The number of benzene rings is 2. The summed E-state index contributed by atoms with van der Waals surface area (Å²) in [5, 5.41) is 4.17. The zero-order valence-corrected chi connectivity index (χ0v) is 15.1. The van der Waals surface area contributed by atoms with Crippen LogP contribution in [0.3, 0.4) is 0 Å². The molecule has 2 aromatic rings. The van der Waals surface area contributed by atoms with Gasteiger partial charge < -0.3 is 14.5 Å². The van der Waals surface area contributed by atoms with Crippen molar-refractivity contribution in [2.24, 2.45) is 5.16 Å². The molecule has 27 heavy (non-hydrogen) atoms. The first-order valence-electron chi connectivity index (χ1n) is 8.64. The number of halogens is 1. The molecule has 0 radical (unpaired) electrons. The molecule has 0 saturated carbocycles. The highest BCUT2D eigenvalue weighted by molar-refractivity contribution is 6.03. The van der Waals surface area contributed by atoms with Crippen LogP contribution >= 0.6 is 0 Å². The van der Waals surface area contributed by atoms with Gasteiger partial charge in [0.15, 0.2) is 6.10 Å². The largest absolute Gasteiger partial charge is 0.496 e. The Morgan fingerprint density at radius 3 is 2.93 bits per heavy atom. The minimum Gasteiger partial charge on any atom is -0.496 e. The molecule has 1 unspecified atom stereocenters. The highest BCUT2D eigenvalue weighted by Gasteiger charge is 2.28. The molecule has 0 spiro atoms. The first kappa shape index (κ1) is 18.6. The van der Waals surface area contributed by atoms with Gasteiger partial charge >= 0.3 is 0 Å². The molecule has 1 atom stereocenters. The first-order chi connectivity index (χ1) is 13.1. The number of methoxy groups -OCH3 is 1. The molecule has 2 aromatic carbocycles. The SMILES string of the molecule is C=CCN(CC1CC(c2ccccc2OC)=NO1)C(=O)c1cccc(F)c1. The minimum absolute atomic E-state index is 0.274. The van der Waals surface area contributed by atoms with Crippen molar-refractivity contribution in [3.8, 4) is 5.75 Å². The van der Waals surface area contributed by atoms with E-state index in [4.69, 9.17) is 9.57 Å². The Hall–Kier alpha value is -3.15. The van der Waals surface area contributed by atoms with E-state index in [-0.39, 0.29) is 12.0 Å². The standard InChI is InChI=1S/C21H21FN2O3/c1-3-11-24(21(25)15-7-6-8-16(22)12-15)14-17-13-19(23-27-17)18-9-4-5-10-20(18)26-2/h3-10,12,17H,1,11,13-14H2,2H3. The summed E-state index contributed by atoms with van der Waals surface area (Å²) in [6.07, 6.45) is 1.89. The Kier molecular flexibility index (Phi) is 5.86. The van der Waals surface area contributed by atoms with E-state index >= 15 is 0 Å². The van der Waals surface area contributed by atoms with Crippen LogP contribution in [0.15, 0.2) is 66.3 Å². The topological polar surface area (TPSA) is 51.1 Å². The summed E-state index contributed by atoms with van der Waals surface area (Å²) in [6, 6.07) is 13.2. The minimum atomic E-state index is -0.446. The number of carbonyl (C=O) groups excluding carboxylic acids is 1. The molecule has 6 heteroatoms. The van der Waals surface area contributed by atoms with Crippen LogP contribution in [0.1, 0.15) is 22.3 Å². The van der Waals surface area contributed by atoms with Gasteiger partial charge in [-0.25, -0.2) is 4.39 Å². The summed E-state index contributed by atoms with van der Waals surface area (Å²) in [5.74, 6) is 0.00124. The molecular formula is C21H21FN2O3. The van der Waals surface area contributed by atoms with Crippen molar-refractivity contribution in [3.05, 3.63) is 78.1 Å². The predicted octanol–water partition coefficient (Wildman–Crippen LogP) is 3.66. The lowest BCUT2D eigenvalue weighted by molar-refractivity contribution is 0.0449. The van der Waals surface area contributed by atoms with Crippen LogP contribution in [0.25, 0.3) is 0 Å². The normalized spacial score (nSPS) is 15.6. The van der Waals surface area contributed by atoms with Gasteiger partial charge in [-0.15, -0.1) is 6.58 Å². The second kappa shape index (κ2) is 8.49. The molecule has 0 aromatic heterocycles. The summed E-state index contributed by atoms with van der Waals surface area (Å²) in [5.41, 5.74) is 1.93. The average Bonchev–Trinajstić information content (AvgIpc) is 3.15. The quantitative estimate of drug-likeness (QED) is 0.701. The summed E-state index contributed by atoms with van der Waals surface area (Å²) in [4.78, 5) is 19.8. The number of hydrogen-bond donors (Lipinski definition) is 0. The van der Waals surface area contributed by atoms with Crippen molar-refractivity contribution >= 4 is 11.6 Å². The molecule has 0 N–H and O–H groups in total. The van der Waals surface area contributed by atoms with Gasteiger partial charge in [-0.1, -0.05) is 29.4 Å². The molecule has 0 bridgehead atoms. The van der Waals surface area contributed by atoms with Gasteiger partial charge in [-0.3, -0.25) is 4.79 Å². The second-order valence-corrected chi connectivity index (χ2v) is 6.18. The molecule has 1 amide bonds. The molecule has 1 aliphatic heterocycles. The maximum atomic E-state index is 13.4. The van der Waals surface area contributed by atoms with Gasteiger partial charge in [0.2, 0.25) is 0 Å². The third kappa shape index (κ3) is 4.34. The number of oxime groups is 1. The van der Waals surface area contributed by atoms with Crippen LogP contribution in [0, 0.1) is 5.82 Å². The molecular weight excluding hydrogens is 347 g/mol. The smallest absolute Gasteiger partial charge is 0.254 e. The monoisotopic (exact) mass is 368 g/mol. The number of carbonyl (C=O) groups is 1. The fourth-order valence-electron chi connectivity index (χ4n) is 3.01. The molecule has 3 rings (SSSR count). The van der Waals surface area contributed by atoms with Gasteiger partial charge in [-0.2, -0.15) is 0 Å². The zero-order valence-electron chi connectivity index (χ0n) is 15.1. The predicted molar refractivity (Wildman–Crippen MR) is 102 cm³/mol. The molecule has 140 valence electrons. The fraction of sp³-hybridized carbons (Fsp3) is 0.238. The Balaban J connectivity index is 1.70. The third-order valence-electron chi connectivity index (χ3n) is 4.28. The first-order valence-corrected chi connectivity index (χ1v) is 8.64. The second-order valence-electron chi connectivity index (χ2n) is 6.18. The number of ether oxygens (including phenoxy) is 1. The number of amides is 1. The molecule has 0 fully saturated rings. The summed E-state index contributed by atoms with van der Waals surface area (Å²) in [6.45, 7) is 4.36. The van der Waals surface area contributed by atoms with E-state index in [0.717, 1.165) is 17.0 Å². The number of rotatable bonds is 7. The van der Waals surface area contributed by atoms with Crippen LogP contribution in [-0.4, -0.2) is 42.8 Å². The van der Waals surface area contributed by atoms with E-state index in [1.54, 1.807) is 24.2 Å². The molecule has 1 aliphatic rings. The Labute approximate surface area is 157 Å². The summed E-state index contributed by atoms with van der Waals surface area (Å²) < 4.78 is 18.8. The molecule has 5 nitrogen and oxygen atoms in total. The van der Waals surface area contributed by atoms with Gasteiger partial charge in [0, 0.05) is 24.1 Å². The maximum Gasteiger partial charge on any atom is 0.254 e. The van der Waals surface area contributed by atoms with Gasteiger partial charge in [0.05, 0.1) is 19.4 Å². The zero-order chi connectivity index (χ0) is 19.2. The van der Waals surface area contributed by atoms with Gasteiger partial charge in [0.1, 0.15) is 11.6 Å². The average molecular weight is 368 g/mol. The molecule has 1 heterocycles. The van der Waals surface area contributed by atoms with Crippen LogP contribution < -0.4 is 4.74 Å². The van der Waals surface area contributed by atoms with Gasteiger partial charge in [-0.05, 0) is 30.3 Å². The van der Waals surface area contributed by atoms with E-state index < -0.39 is 5.82 Å². The van der Waals surface area contributed by atoms with E-state index in [1.165, 1.54) is 18.2 Å². The third-order valence-corrected chi connectivity index (χ3v) is 4.28. The number of nitrogens with zero attached hydrogens (tertiary/aromatic N) is 2. The number of hydrogen-bond acceptors (Lipinski definition) is 4. The maximum absolute atomic E-state index is 13.4. The van der Waals surface area contributed by atoms with Crippen molar-refractivity contribution in [2.75, 3.05) is 20.2 Å². The van der Waals surface area contributed by atoms with E-state index in [2.05, 4.69) is 11.7 Å². The molecule has 0 aliphatic carbocycles. The van der Waals surface area contributed by atoms with E-state index in [1.807, 2.05) is 24.3 Å². The molecule has 0 saturated heterocycles. The van der Waals surface area contributed by atoms with Crippen LogP contribution in [0.2, 0.25) is 0 Å². The van der Waals surface area contributed by atoms with Crippen LogP contribution in [0.5, 0.6) is 5.75 Å². The highest BCUT2D eigenvalue weighted by atomic mass is 19.1. The summed E-state index contributed by atoms with van der Waals surface area (Å²) >= 11 is 0. The Morgan fingerprint density at radius 1 is 1.37 bits per heavy atom. The highest BCUT2D eigenvalue weighted by Crippen LogP contribution is 2.25. The lowest BCUT2D eigenvalue weighted by atomic mass is 10.0. The van der Waals surface area contributed by atoms with E-state index in [9.17, 15) is 9.18 Å². The van der Waals surface area contributed by atoms with Crippen molar-refractivity contribution in [1.29, 1.82) is 0 Å². The van der Waals surface area contributed by atoms with Crippen molar-refractivity contribution < 1.29 is 18.8 Å². The van der Waals surface area contributed by atoms with E-state index in [0.29, 0.717) is 25.1 Å². The van der Waals surface area contributed by atoms with Crippen LogP contribution in [0.4, 0.5) is 4.39 Å². The van der Waals surface area contributed by atoms with Crippen molar-refractivity contribution in [2.45, 2.75) is 12.5 Å². The summed E-state index contributed by atoms with van der Waals surface area (Å²) in [7, 11) is 1.61. The lowest BCUT2D eigenvalue weighted by Gasteiger charge is -2.23. The Bertz CT molecular complexity index is 866. The Morgan fingerprint density at radius 2 is 2.19 bits per heavy atom. The fourth-order valence-corrected chi connectivity index (χ4v) is 3.01. The lowest BCUT2D eigenvalue weighted by Crippen LogP contribution is -2.37. The number of para-hydroxylation sites is 1. The van der Waals surface area contributed by atoms with Crippen LogP contribution in [-0.2, 0) is 4.84 Å². The van der Waals surface area contributed by atoms with Crippen molar-refractivity contribution in [1.82, 2.24) is 4.90 Å².